The normalized spacial score (nSPS) is 13.1. The van der Waals surface area contributed by atoms with Gasteiger partial charge in [-0.1, -0.05) is 65.5 Å². The first-order chi connectivity index (χ1) is 24.8. The third-order valence-electron chi connectivity index (χ3n) is 10.0. The first-order valence-corrected chi connectivity index (χ1v) is 25.9. The molecule has 0 saturated heterocycles. The molecule has 8 nitrogen and oxygen atoms in total. The van der Waals surface area contributed by atoms with E-state index < -0.39 is 50.3 Å². The lowest BCUT2D eigenvalue weighted by molar-refractivity contribution is -0.137. The van der Waals surface area contributed by atoms with Crippen molar-refractivity contribution in [3.8, 4) is 11.8 Å². The summed E-state index contributed by atoms with van der Waals surface area (Å²) < 4.78 is 68.4. The van der Waals surface area contributed by atoms with E-state index in [1.54, 1.807) is 30.3 Å². The molecule has 0 atom stereocenters. The van der Waals surface area contributed by atoms with Crippen LogP contribution in [0.5, 0.6) is 0 Å². The lowest BCUT2D eigenvalue weighted by atomic mass is 10.1. The van der Waals surface area contributed by atoms with Crippen molar-refractivity contribution in [3.05, 3.63) is 94.8 Å². The molecule has 1 aromatic heterocycles. The first kappa shape index (κ1) is 44.9. The lowest BCUT2D eigenvalue weighted by Gasteiger charge is -2.37. The number of alkyl halides is 3. The number of anilines is 1. The highest BCUT2D eigenvalue weighted by Crippen LogP contribution is 2.37. The molecule has 296 valence electrons. The molecule has 54 heavy (non-hydrogen) atoms. The zero-order valence-corrected chi connectivity index (χ0v) is 36.0. The van der Waals surface area contributed by atoms with Crippen LogP contribution in [0, 0.1) is 11.8 Å². The molecular formula is C40H56F3N3O5SSi2. The van der Waals surface area contributed by atoms with Crippen LogP contribution in [0.1, 0.15) is 91.8 Å². The summed E-state index contributed by atoms with van der Waals surface area (Å²) in [7, 11) is -7.04. The van der Waals surface area contributed by atoms with Gasteiger partial charge in [-0.2, -0.15) is 17.5 Å². The summed E-state index contributed by atoms with van der Waals surface area (Å²) in [6.45, 7) is 22.7. The maximum absolute atomic E-state index is 13.5. The first-order valence-electron chi connectivity index (χ1n) is 18.0. The molecule has 2 amide bonds. The minimum absolute atomic E-state index is 0.0507. The van der Waals surface area contributed by atoms with Crippen molar-refractivity contribution >= 4 is 44.2 Å². The summed E-state index contributed by atoms with van der Waals surface area (Å²) in [6.07, 6.45) is -0.535. The Morgan fingerprint density at radius 1 is 0.796 bits per heavy atom. The summed E-state index contributed by atoms with van der Waals surface area (Å²) in [5.41, 5.74) is 0.435. The van der Waals surface area contributed by atoms with Gasteiger partial charge in [-0.25, -0.2) is 0 Å². The van der Waals surface area contributed by atoms with Gasteiger partial charge in [0, 0.05) is 59.5 Å². The Labute approximate surface area is 322 Å². The lowest BCUT2D eigenvalue weighted by Crippen LogP contribution is -2.41. The average Bonchev–Trinajstić information content (AvgIpc) is 3.07. The molecule has 3 rings (SSSR count). The molecule has 2 aromatic carbocycles. The smallest absolute Gasteiger partial charge is 0.416 e. The van der Waals surface area contributed by atoms with Crippen LogP contribution in [0.3, 0.4) is 0 Å². The van der Waals surface area contributed by atoms with Crippen LogP contribution in [0.15, 0.2) is 71.4 Å². The standard InChI is InChI=1S/C40H56F3N3O5SSi2/c1-38(2,3)53(7,8)50-21-13-23-52(49,24-14-22-51-54(9,10)39(4,5)6)46-37(48)33-25-31(28-44-29-33)20-19-30-15-11-18-35(26-30)45-36(47)32-16-12-17-34(27-32)40(41,42)43/h11-12,15-18,25-29,52H,13-14,21-24H2,1-10H3,(H,45,47)(H,46,48,49). The molecule has 1 heterocycles. The van der Waals surface area contributed by atoms with E-state index in [0.717, 1.165) is 12.1 Å². The number of benzene rings is 2. The molecule has 0 aliphatic rings. The number of nitrogens with one attached hydrogen (secondary N) is 1. The summed E-state index contributed by atoms with van der Waals surface area (Å²) in [6, 6.07) is 12.3. The maximum atomic E-state index is 13.5. The Morgan fingerprint density at radius 2 is 1.35 bits per heavy atom. The molecule has 0 radical (unpaired) electrons. The van der Waals surface area contributed by atoms with Crippen molar-refractivity contribution in [1.29, 1.82) is 0 Å². The topological polar surface area (TPSA) is 110 Å². The Balaban J connectivity index is 1.78. The number of rotatable bonds is 13. The predicted molar refractivity (Wildman–Crippen MR) is 219 cm³/mol. The number of hydrogen-bond donors (Lipinski definition) is 3. The zero-order valence-electron chi connectivity index (χ0n) is 33.1. The van der Waals surface area contributed by atoms with Crippen molar-refractivity contribution < 1.29 is 36.2 Å². The highest BCUT2D eigenvalue weighted by atomic mass is 32.3. The van der Waals surface area contributed by atoms with Crippen molar-refractivity contribution in [2.75, 3.05) is 30.0 Å². The van der Waals surface area contributed by atoms with E-state index in [-0.39, 0.29) is 21.2 Å². The molecule has 0 bridgehead atoms. The van der Waals surface area contributed by atoms with Gasteiger partial charge in [-0.05, 0) is 91.6 Å². The largest absolute Gasteiger partial charge is 0.417 e. The average molecular weight is 804 g/mol. The van der Waals surface area contributed by atoms with Gasteiger partial charge < -0.3 is 18.7 Å². The van der Waals surface area contributed by atoms with E-state index >= 15 is 0 Å². The fourth-order valence-electron chi connectivity index (χ4n) is 4.65. The Hall–Kier alpha value is -3.46. The third kappa shape index (κ3) is 13.4. The molecule has 0 unspecified atom stereocenters. The van der Waals surface area contributed by atoms with E-state index in [1.165, 1.54) is 24.5 Å². The van der Waals surface area contributed by atoms with Gasteiger partial charge in [0.05, 0.1) is 11.1 Å². The summed E-state index contributed by atoms with van der Waals surface area (Å²) in [5, 5.41) is 2.71. The van der Waals surface area contributed by atoms with E-state index in [0.29, 0.717) is 54.4 Å². The number of amides is 2. The predicted octanol–water partition coefficient (Wildman–Crippen LogP) is 10.3. The van der Waals surface area contributed by atoms with Gasteiger partial charge in [-0.15, -0.1) is 10.1 Å². The quantitative estimate of drug-likeness (QED) is 0.0687. The fourth-order valence-corrected chi connectivity index (χ4v) is 8.97. The van der Waals surface area contributed by atoms with Gasteiger partial charge in [0.25, 0.3) is 11.8 Å². The molecule has 0 fully saturated rings. The highest BCUT2D eigenvalue weighted by molar-refractivity contribution is 8.00. The summed E-state index contributed by atoms with van der Waals surface area (Å²) >= 11 is 0. The van der Waals surface area contributed by atoms with Crippen molar-refractivity contribution in [2.24, 2.45) is 4.36 Å². The highest BCUT2D eigenvalue weighted by Gasteiger charge is 2.38. The molecule has 14 heteroatoms. The summed E-state index contributed by atoms with van der Waals surface area (Å²) in [5.74, 6) is 5.37. The number of halogens is 3. The SMILES string of the molecule is CC(C)(C)[Si](C)(C)OCCC[SH](O)(CCCO[Si](C)(C)C(C)(C)C)=NC(=O)c1cncc(C#Cc2cccc(NC(=O)c3cccc(C(F)(F)F)c3)c2)c1. The van der Waals surface area contributed by atoms with E-state index in [9.17, 15) is 27.3 Å². The molecule has 0 aliphatic heterocycles. The van der Waals surface area contributed by atoms with Gasteiger partial charge >= 0.3 is 6.18 Å². The molecular weight excluding hydrogens is 748 g/mol. The fraction of sp³-hybridized carbons (Fsp3) is 0.475. The van der Waals surface area contributed by atoms with E-state index in [1.807, 2.05) is 0 Å². The van der Waals surface area contributed by atoms with Crippen LogP contribution in [-0.4, -0.2) is 62.7 Å². The van der Waals surface area contributed by atoms with Crippen LogP contribution in [0.25, 0.3) is 0 Å². The van der Waals surface area contributed by atoms with E-state index in [4.69, 9.17) is 8.85 Å². The van der Waals surface area contributed by atoms with Crippen LogP contribution >= 0.6 is 0 Å². The number of aromatic nitrogens is 1. The minimum Gasteiger partial charge on any atom is -0.417 e. The van der Waals surface area contributed by atoms with Crippen molar-refractivity contribution in [3.63, 3.8) is 0 Å². The number of nitrogens with zero attached hydrogens (tertiary/aromatic N) is 2. The Morgan fingerprint density at radius 3 is 1.91 bits per heavy atom. The molecule has 3 aromatic rings. The molecule has 0 saturated carbocycles. The van der Waals surface area contributed by atoms with Crippen molar-refractivity contribution in [2.45, 2.75) is 96.8 Å². The number of hydrogen-bond acceptors (Lipinski definition) is 5. The monoisotopic (exact) mass is 803 g/mol. The Kier molecular flexibility index (Phi) is 15.0. The molecule has 0 aliphatic carbocycles. The van der Waals surface area contributed by atoms with Crippen LogP contribution in [0.4, 0.5) is 18.9 Å². The van der Waals surface area contributed by atoms with Gasteiger partial charge in [0.2, 0.25) is 0 Å². The van der Waals surface area contributed by atoms with Crippen molar-refractivity contribution in [1.82, 2.24) is 4.98 Å². The van der Waals surface area contributed by atoms with E-state index in [2.05, 4.69) is 94.2 Å². The number of pyridine rings is 1. The molecule has 0 spiro atoms. The third-order valence-corrected chi connectivity index (χ3v) is 21.7. The number of carbonyl (C=O) groups excluding carboxylic acids is 2. The number of carbonyl (C=O) groups is 2. The van der Waals surface area contributed by atoms with Crippen LogP contribution < -0.4 is 5.32 Å². The van der Waals surface area contributed by atoms with Crippen LogP contribution in [0.2, 0.25) is 36.3 Å². The zero-order chi connectivity index (χ0) is 40.6. The van der Waals surface area contributed by atoms with Gasteiger partial charge in [0.15, 0.2) is 16.6 Å². The van der Waals surface area contributed by atoms with Gasteiger partial charge in [0.1, 0.15) is 0 Å². The molecule has 2 N–H and O–H groups in total. The second-order valence-corrected chi connectivity index (χ2v) is 29.0. The van der Waals surface area contributed by atoms with Gasteiger partial charge in [-0.3, -0.25) is 14.6 Å². The minimum atomic E-state index is -4.57. The summed E-state index contributed by atoms with van der Waals surface area (Å²) in [4.78, 5) is 30.4. The maximum Gasteiger partial charge on any atom is 0.416 e. The second-order valence-electron chi connectivity index (χ2n) is 16.5. The number of thiol groups is 1. The van der Waals surface area contributed by atoms with Crippen LogP contribution in [-0.2, 0) is 25.1 Å². The Bertz CT molecular complexity index is 1870. The second kappa shape index (κ2) is 18.0.